The number of anilines is 1. The van der Waals surface area contributed by atoms with E-state index in [1.165, 1.54) is 10.5 Å². The van der Waals surface area contributed by atoms with Crippen molar-refractivity contribution in [3.8, 4) is 0 Å². The van der Waals surface area contributed by atoms with Crippen LogP contribution in [0, 0.1) is 0 Å². The minimum atomic E-state index is -0.399. The Kier molecular flexibility index (Phi) is 6.25. The second-order valence-electron chi connectivity index (χ2n) is 9.52. The molecule has 35 heavy (non-hydrogen) atoms. The molecule has 1 saturated carbocycles. The second kappa shape index (κ2) is 9.22. The van der Waals surface area contributed by atoms with Gasteiger partial charge in [-0.25, -0.2) is 0 Å². The maximum atomic E-state index is 13.4. The number of imide groups is 1. The van der Waals surface area contributed by atoms with Crippen LogP contribution in [0.15, 0.2) is 54.6 Å². The van der Waals surface area contributed by atoms with Crippen LogP contribution in [0.4, 0.5) is 5.69 Å². The fourth-order valence-electron chi connectivity index (χ4n) is 4.66. The molecule has 5 rings (SSSR count). The molecule has 0 unspecified atom stereocenters. The fraction of sp³-hybridized carbons (Fsp3) is 0.296. The number of fused-ring (bicyclic) bond motifs is 1. The van der Waals surface area contributed by atoms with Crippen molar-refractivity contribution in [1.29, 1.82) is 0 Å². The van der Waals surface area contributed by atoms with E-state index < -0.39 is 5.91 Å². The average Bonchev–Trinajstić information content (AvgIpc) is 3.45. The van der Waals surface area contributed by atoms with Crippen LogP contribution >= 0.6 is 22.9 Å². The first kappa shape index (κ1) is 23.7. The van der Waals surface area contributed by atoms with Crippen LogP contribution in [-0.2, 0) is 12.0 Å². The molecule has 0 spiro atoms. The molecule has 2 aromatic carbocycles. The molecular formula is C27H26ClN3O3S. The van der Waals surface area contributed by atoms with Gasteiger partial charge >= 0.3 is 0 Å². The lowest BCUT2D eigenvalue weighted by molar-refractivity contribution is 0.0642. The highest BCUT2D eigenvalue weighted by Crippen LogP contribution is 2.51. The number of benzene rings is 2. The van der Waals surface area contributed by atoms with Crippen LogP contribution in [0.5, 0.6) is 0 Å². The largest absolute Gasteiger partial charge is 0.321 e. The third-order valence-electron chi connectivity index (χ3n) is 6.82. The number of carbonyl (C=O) groups is 3. The van der Waals surface area contributed by atoms with Crippen molar-refractivity contribution >= 4 is 46.3 Å². The van der Waals surface area contributed by atoms with Crippen molar-refractivity contribution in [3.05, 3.63) is 86.1 Å². The Morgan fingerprint density at radius 2 is 1.86 bits per heavy atom. The lowest BCUT2D eigenvalue weighted by Crippen LogP contribution is -2.29. The van der Waals surface area contributed by atoms with E-state index in [0.29, 0.717) is 20.5 Å². The number of hydrogen-bond acceptors (Lipinski definition) is 5. The molecule has 3 amide bonds. The van der Waals surface area contributed by atoms with Gasteiger partial charge in [0.05, 0.1) is 32.6 Å². The van der Waals surface area contributed by atoms with Crippen LogP contribution in [0.1, 0.15) is 60.8 Å². The van der Waals surface area contributed by atoms with Gasteiger partial charge in [0, 0.05) is 0 Å². The zero-order valence-corrected chi connectivity index (χ0v) is 21.2. The number of halogens is 1. The number of amides is 3. The van der Waals surface area contributed by atoms with Gasteiger partial charge in [-0.3, -0.25) is 19.3 Å². The summed E-state index contributed by atoms with van der Waals surface area (Å²) in [6.45, 7) is 1.21. The van der Waals surface area contributed by atoms with E-state index in [-0.39, 0.29) is 29.3 Å². The topological polar surface area (TPSA) is 69.7 Å². The van der Waals surface area contributed by atoms with Gasteiger partial charge in [-0.15, -0.1) is 11.3 Å². The number of nitrogens with zero attached hydrogens (tertiary/aromatic N) is 2. The average molecular weight is 508 g/mol. The number of carbonyl (C=O) groups excluding carboxylic acids is 3. The Labute approximate surface area is 213 Å². The Morgan fingerprint density at radius 3 is 2.54 bits per heavy atom. The van der Waals surface area contributed by atoms with Gasteiger partial charge in [-0.05, 0) is 80.7 Å². The summed E-state index contributed by atoms with van der Waals surface area (Å²) in [5, 5.41) is 2.78. The summed E-state index contributed by atoms with van der Waals surface area (Å²) in [5.41, 5.74) is 3.26. The fourth-order valence-corrected chi connectivity index (χ4v) is 5.59. The molecule has 0 bridgehead atoms. The summed E-state index contributed by atoms with van der Waals surface area (Å²) in [6.07, 6.45) is 3.42. The van der Waals surface area contributed by atoms with E-state index in [2.05, 4.69) is 36.4 Å². The zero-order valence-electron chi connectivity index (χ0n) is 19.6. The first-order valence-electron chi connectivity index (χ1n) is 11.6. The minimum Gasteiger partial charge on any atom is -0.321 e. The summed E-state index contributed by atoms with van der Waals surface area (Å²) in [6, 6.07) is 16.5. The SMILES string of the molecule is CN(C)CCC1(c2cccc(CN3C(=O)c4cccc(NC(=O)c5ccc(Cl)s5)c4C3=O)c2)CC1. The first-order chi connectivity index (χ1) is 16.8. The molecule has 1 aromatic heterocycles. The summed E-state index contributed by atoms with van der Waals surface area (Å²) >= 11 is 7.10. The molecule has 8 heteroatoms. The Balaban J connectivity index is 1.36. The molecule has 1 N–H and O–H groups in total. The molecule has 2 aliphatic rings. The number of rotatable bonds is 8. The summed E-state index contributed by atoms with van der Waals surface area (Å²) < 4.78 is 0.503. The molecular weight excluding hydrogens is 482 g/mol. The number of thiophene rings is 1. The molecule has 0 radical (unpaired) electrons. The van der Waals surface area contributed by atoms with Crippen molar-refractivity contribution in [2.45, 2.75) is 31.2 Å². The van der Waals surface area contributed by atoms with Gasteiger partial charge in [0.1, 0.15) is 0 Å². The van der Waals surface area contributed by atoms with Crippen LogP contribution < -0.4 is 5.32 Å². The minimum absolute atomic E-state index is 0.192. The number of nitrogens with one attached hydrogen (secondary N) is 1. The Morgan fingerprint density at radius 1 is 1.09 bits per heavy atom. The molecule has 180 valence electrons. The molecule has 0 atom stereocenters. The lowest BCUT2D eigenvalue weighted by Gasteiger charge is -2.20. The zero-order chi connectivity index (χ0) is 24.7. The first-order valence-corrected chi connectivity index (χ1v) is 12.8. The lowest BCUT2D eigenvalue weighted by atomic mass is 9.91. The van der Waals surface area contributed by atoms with Crippen molar-refractivity contribution in [2.24, 2.45) is 0 Å². The van der Waals surface area contributed by atoms with Crippen LogP contribution in [-0.4, -0.2) is 48.2 Å². The van der Waals surface area contributed by atoms with Crippen LogP contribution in [0.3, 0.4) is 0 Å². The monoisotopic (exact) mass is 507 g/mol. The van der Waals surface area contributed by atoms with Gasteiger partial charge in [0.25, 0.3) is 17.7 Å². The quantitative estimate of drug-likeness (QED) is 0.412. The standard InChI is InChI=1S/C27H26ClN3O3S/c1-30(2)14-13-27(11-12-27)18-6-3-5-17(15-18)16-31-25(33)19-7-4-8-20(23(19)26(31)34)29-24(32)21-9-10-22(28)35-21/h3-10,15H,11-14,16H2,1-2H3,(H,29,32). The third kappa shape index (κ3) is 4.63. The Hall–Kier alpha value is -3.00. The highest BCUT2D eigenvalue weighted by molar-refractivity contribution is 7.18. The molecule has 0 saturated heterocycles. The molecule has 1 aliphatic heterocycles. The molecule has 6 nitrogen and oxygen atoms in total. The smallest absolute Gasteiger partial charge is 0.265 e. The highest BCUT2D eigenvalue weighted by Gasteiger charge is 2.44. The normalized spacial score (nSPS) is 16.1. The predicted molar refractivity (Wildman–Crippen MR) is 138 cm³/mol. The van der Waals surface area contributed by atoms with E-state index in [9.17, 15) is 14.4 Å². The maximum Gasteiger partial charge on any atom is 0.265 e. The maximum absolute atomic E-state index is 13.4. The molecule has 1 fully saturated rings. The summed E-state index contributed by atoms with van der Waals surface area (Å²) in [5.74, 6) is -1.11. The van der Waals surface area contributed by atoms with Crippen molar-refractivity contribution in [2.75, 3.05) is 26.0 Å². The van der Waals surface area contributed by atoms with E-state index >= 15 is 0 Å². The van der Waals surface area contributed by atoms with Gasteiger partial charge in [-0.2, -0.15) is 0 Å². The van der Waals surface area contributed by atoms with E-state index in [1.807, 2.05) is 12.1 Å². The second-order valence-corrected chi connectivity index (χ2v) is 11.2. The van der Waals surface area contributed by atoms with Crippen molar-refractivity contribution in [3.63, 3.8) is 0 Å². The highest BCUT2D eigenvalue weighted by atomic mass is 35.5. The molecule has 2 heterocycles. The van der Waals surface area contributed by atoms with Crippen molar-refractivity contribution < 1.29 is 14.4 Å². The molecule has 3 aromatic rings. The van der Waals surface area contributed by atoms with Gasteiger partial charge in [0.2, 0.25) is 0 Å². The predicted octanol–water partition coefficient (Wildman–Crippen LogP) is 5.43. The third-order valence-corrected chi connectivity index (χ3v) is 8.05. The summed E-state index contributed by atoms with van der Waals surface area (Å²) in [4.78, 5) is 43.1. The van der Waals surface area contributed by atoms with E-state index in [0.717, 1.165) is 42.7 Å². The number of hydrogen-bond donors (Lipinski definition) is 1. The van der Waals surface area contributed by atoms with Crippen LogP contribution in [0.2, 0.25) is 4.34 Å². The van der Waals surface area contributed by atoms with E-state index in [1.54, 1.807) is 30.3 Å². The van der Waals surface area contributed by atoms with Crippen molar-refractivity contribution in [1.82, 2.24) is 9.80 Å². The summed E-state index contributed by atoms with van der Waals surface area (Å²) in [7, 11) is 4.17. The van der Waals surface area contributed by atoms with E-state index in [4.69, 9.17) is 11.6 Å². The van der Waals surface area contributed by atoms with Gasteiger partial charge in [0.15, 0.2) is 0 Å². The van der Waals surface area contributed by atoms with Crippen LogP contribution in [0.25, 0.3) is 0 Å². The van der Waals surface area contributed by atoms with Gasteiger partial charge in [-0.1, -0.05) is 41.9 Å². The molecule has 1 aliphatic carbocycles. The van der Waals surface area contributed by atoms with Gasteiger partial charge < -0.3 is 10.2 Å². The Bertz CT molecular complexity index is 1330.